The molecule has 0 saturated heterocycles. The van der Waals surface area contributed by atoms with Crippen LogP contribution >= 0.6 is 0 Å². The zero-order chi connectivity index (χ0) is 20.9. The van der Waals surface area contributed by atoms with Crippen LogP contribution < -0.4 is 19.5 Å². The molecular weight excluding hydrogens is 454 g/mol. The van der Waals surface area contributed by atoms with Gasteiger partial charge in [0, 0.05) is 6.20 Å². The van der Waals surface area contributed by atoms with Crippen LogP contribution in [0.15, 0.2) is 34.3 Å². The second-order valence-corrected chi connectivity index (χ2v) is 8.89. The van der Waals surface area contributed by atoms with Crippen LogP contribution in [0, 0.1) is 0 Å². The molecule has 2 aromatic heterocycles. The Morgan fingerprint density at radius 2 is 1.69 bits per heavy atom. The van der Waals surface area contributed by atoms with Crippen molar-refractivity contribution in [1.82, 2.24) is 19.7 Å². The quantitative estimate of drug-likeness (QED) is 0.490. The second kappa shape index (κ2) is 10.3. The molecule has 0 aliphatic heterocycles. The summed E-state index contributed by atoms with van der Waals surface area (Å²) >= 11 is 0. The van der Waals surface area contributed by atoms with Gasteiger partial charge in [0.25, 0.3) is 10.0 Å². The summed E-state index contributed by atoms with van der Waals surface area (Å²) in [6, 6.07) is 2.47. The summed E-state index contributed by atoms with van der Waals surface area (Å²) in [6.45, 7) is 1.35. The molecule has 0 radical (unpaired) electrons. The molecule has 2 heterocycles. The van der Waals surface area contributed by atoms with Crippen LogP contribution in [0.3, 0.4) is 0 Å². The average molecular weight is 474 g/mol. The number of hydrogen-bond acceptors (Lipinski definition) is 10. The molecule has 0 fully saturated rings. The Morgan fingerprint density at radius 1 is 1.10 bits per heavy atom. The first-order chi connectivity index (χ1) is 13.1. The summed E-state index contributed by atoms with van der Waals surface area (Å²) in [6.07, 6.45) is 1.09. The van der Waals surface area contributed by atoms with Gasteiger partial charge in [-0.05, 0) is 12.1 Å². The molecule has 0 saturated carbocycles. The summed E-state index contributed by atoms with van der Waals surface area (Å²) in [5.74, 6) is -0.520. The number of carbonyl (C=O) groups excluding carboxylic acids is 1. The van der Waals surface area contributed by atoms with Gasteiger partial charge in [-0.25, -0.2) is 22.9 Å². The number of methoxy groups -OCH3 is 2. The molecule has 2 N–H and O–H groups in total. The molecule has 0 spiro atoms. The van der Waals surface area contributed by atoms with Crippen LogP contribution in [0.2, 0.25) is 0 Å². The SMILES string of the molecule is CCS(=O)(=O)c1cccnc1S(=O)(=O)NC(=O)Nc1nc(OC)cc(OC)n1.[CaH2]. The number of carbonyl (C=O) groups is 1. The van der Waals surface area contributed by atoms with E-state index in [1.54, 1.807) is 4.72 Å². The number of amides is 2. The van der Waals surface area contributed by atoms with E-state index in [4.69, 9.17) is 9.47 Å². The molecule has 156 valence electrons. The van der Waals surface area contributed by atoms with E-state index in [-0.39, 0.29) is 61.2 Å². The molecule has 2 rings (SSSR count). The molecule has 0 atom stereocenters. The third-order valence-corrected chi connectivity index (χ3v) is 6.43. The van der Waals surface area contributed by atoms with Gasteiger partial charge in [0.05, 0.1) is 26.0 Å². The van der Waals surface area contributed by atoms with Crippen LogP contribution in [0.1, 0.15) is 6.92 Å². The van der Waals surface area contributed by atoms with Crippen molar-refractivity contribution in [2.75, 3.05) is 25.3 Å². The van der Waals surface area contributed by atoms with Crippen LogP contribution in [-0.4, -0.2) is 95.5 Å². The number of nitrogens with zero attached hydrogens (tertiary/aromatic N) is 3. The van der Waals surface area contributed by atoms with Crippen molar-refractivity contribution in [3.8, 4) is 11.8 Å². The van der Waals surface area contributed by atoms with Gasteiger partial charge in [-0.2, -0.15) is 18.4 Å². The first-order valence-corrected chi connectivity index (χ1v) is 10.7. The number of rotatable bonds is 7. The molecule has 0 bridgehead atoms. The summed E-state index contributed by atoms with van der Waals surface area (Å²) in [5, 5.41) is 1.31. The number of hydrogen-bond donors (Lipinski definition) is 2. The Morgan fingerprint density at radius 3 is 2.21 bits per heavy atom. The second-order valence-electron chi connectivity index (χ2n) is 5.05. The van der Waals surface area contributed by atoms with E-state index < -0.39 is 35.8 Å². The first-order valence-electron chi connectivity index (χ1n) is 7.61. The topological polar surface area (TPSA) is 167 Å². The molecule has 0 unspecified atom stereocenters. The number of urea groups is 1. The van der Waals surface area contributed by atoms with Crippen molar-refractivity contribution in [2.45, 2.75) is 16.8 Å². The van der Waals surface area contributed by atoms with E-state index in [2.05, 4.69) is 20.3 Å². The normalized spacial score (nSPS) is 11.1. The fourth-order valence-electron chi connectivity index (χ4n) is 1.94. The zero-order valence-corrected chi connectivity index (χ0v) is 16.7. The fourth-order valence-corrected chi connectivity index (χ4v) is 4.49. The van der Waals surface area contributed by atoms with E-state index in [0.29, 0.717) is 0 Å². The van der Waals surface area contributed by atoms with E-state index in [1.807, 2.05) is 0 Å². The third-order valence-electron chi connectivity index (χ3n) is 3.26. The van der Waals surface area contributed by atoms with Gasteiger partial charge in [-0.3, -0.25) is 5.32 Å². The van der Waals surface area contributed by atoms with Crippen molar-refractivity contribution < 1.29 is 31.1 Å². The predicted octanol–water partition coefficient (Wildman–Crippen LogP) is -0.723. The molecular formula is C14H19CaN5O7S2. The van der Waals surface area contributed by atoms with Crippen LogP contribution in [0.25, 0.3) is 0 Å². The van der Waals surface area contributed by atoms with Crippen molar-refractivity contribution in [2.24, 2.45) is 0 Å². The molecule has 12 nitrogen and oxygen atoms in total. The van der Waals surface area contributed by atoms with Crippen molar-refractivity contribution in [3.05, 3.63) is 24.4 Å². The van der Waals surface area contributed by atoms with E-state index >= 15 is 0 Å². The number of pyridine rings is 1. The maximum absolute atomic E-state index is 12.5. The molecule has 2 aromatic rings. The monoisotopic (exact) mass is 473 g/mol. The standard InChI is InChI=1S/C14H17N5O7S2.Ca.2H/c1-4-27(21,22)9-6-5-7-15-12(9)28(23,24)19-14(20)18-13-16-10(25-2)8-11(17-13)26-3;;;/h5-8H,4H2,1-3H3,(H2,16,17,18,19,20);;;. The Kier molecular flexibility index (Phi) is 9.02. The summed E-state index contributed by atoms with van der Waals surface area (Å²) in [5.41, 5.74) is 0. The summed E-state index contributed by atoms with van der Waals surface area (Å²) in [7, 11) is -5.85. The molecule has 0 aliphatic rings. The van der Waals surface area contributed by atoms with Gasteiger partial charge < -0.3 is 9.47 Å². The number of ether oxygens (including phenoxy) is 2. The Bertz CT molecular complexity index is 1070. The van der Waals surface area contributed by atoms with Gasteiger partial charge in [-0.15, -0.1) is 0 Å². The minimum atomic E-state index is -4.61. The maximum atomic E-state index is 12.5. The summed E-state index contributed by atoms with van der Waals surface area (Å²) in [4.78, 5) is 22.8. The first kappa shape index (κ1) is 25.3. The van der Waals surface area contributed by atoms with Gasteiger partial charge in [0.15, 0.2) is 14.9 Å². The Labute approximate surface area is 197 Å². The molecule has 0 aromatic carbocycles. The third kappa shape index (κ3) is 6.37. The minimum absolute atomic E-state index is 0. The summed E-state index contributed by atoms with van der Waals surface area (Å²) < 4.78 is 60.7. The number of anilines is 1. The van der Waals surface area contributed by atoms with Crippen LogP contribution in [-0.2, 0) is 19.9 Å². The number of aromatic nitrogens is 3. The molecule has 2 amide bonds. The van der Waals surface area contributed by atoms with E-state index in [1.165, 1.54) is 33.3 Å². The van der Waals surface area contributed by atoms with E-state index in [0.717, 1.165) is 12.3 Å². The Hall–Kier alpha value is -1.74. The number of sulfone groups is 1. The van der Waals surface area contributed by atoms with Crippen molar-refractivity contribution >= 4 is 69.6 Å². The fraction of sp³-hybridized carbons (Fsp3) is 0.286. The van der Waals surface area contributed by atoms with Gasteiger partial charge in [0.2, 0.25) is 17.7 Å². The zero-order valence-electron chi connectivity index (χ0n) is 15.0. The van der Waals surface area contributed by atoms with Crippen LogP contribution in [0.4, 0.5) is 10.7 Å². The van der Waals surface area contributed by atoms with Crippen molar-refractivity contribution in [1.29, 1.82) is 0 Å². The Balaban J connectivity index is 0.00000420. The van der Waals surface area contributed by atoms with Crippen LogP contribution in [0.5, 0.6) is 11.8 Å². The molecule has 15 heteroatoms. The number of nitrogens with one attached hydrogen (secondary N) is 2. The average Bonchev–Trinajstić information content (AvgIpc) is 2.67. The van der Waals surface area contributed by atoms with Crippen molar-refractivity contribution in [3.63, 3.8) is 0 Å². The predicted molar refractivity (Wildman–Crippen MR) is 105 cm³/mol. The molecule has 29 heavy (non-hydrogen) atoms. The van der Waals surface area contributed by atoms with E-state index in [9.17, 15) is 21.6 Å². The van der Waals surface area contributed by atoms with Gasteiger partial charge >= 0.3 is 43.8 Å². The van der Waals surface area contributed by atoms with Gasteiger partial charge in [0.1, 0.15) is 4.90 Å². The van der Waals surface area contributed by atoms with Gasteiger partial charge in [-0.1, -0.05) is 6.92 Å². The number of sulfonamides is 1. The molecule has 0 aliphatic carbocycles.